The van der Waals surface area contributed by atoms with Crippen LogP contribution in [-0.2, 0) is 9.84 Å². The molecule has 1 aliphatic heterocycles. The Balaban J connectivity index is 1.93. The molecular formula is C21H23NO4S. The van der Waals surface area contributed by atoms with Gasteiger partial charge in [-0.25, -0.2) is 8.42 Å². The Morgan fingerprint density at radius 2 is 1.70 bits per heavy atom. The Morgan fingerprint density at radius 3 is 2.22 bits per heavy atom. The van der Waals surface area contributed by atoms with E-state index >= 15 is 0 Å². The molecule has 0 aliphatic carbocycles. The number of anilines is 1. The summed E-state index contributed by atoms with van der Waals surface area (Å²) in [4.78, 5) is 14.8. The van der Waals surface area contributed by atoms with Gasteiger partial charge in [0.05, 0.1) is 17.9 Å². The molecule has 1 unspecified atom stereocenters. The van der Waals surface area contributed by atoms with Crippen LogP contribution in [-0.4, -0.2) is 32.2 Å². The number of amides is 1. The van der Waals surface area contributed by atoms with Crippen molar-refractivity contribution < 1.29 is 17.9 Å². The summed E-state index contributed by atoms with van der Waals surface area (Å²) in [7, 11) is -3.29. The fourth-order valence-electron chi connectivity index (χ4n) is 2.97. The number of rotatable bonds is 5. The third-order valence-electron chi connectivity index (χ3n) is 4.25. The van der Waals surface area contributed by atoms with Crippen molar-refractivity contribution in [2.75, 3.05) is 10.7 Å². The van der Waals surface area contributed by atoms with E-state index in [4.69, 9.17) is 4.74 Å². The van der Waals surface area contributed by atoms with E-state index in [1.807, 2.05) is 45.0 Å². The van der Waals surface area contributed by atoms with E-state index in [1.54, 1.807) is 35.2 Å². The summed E-state index contributed by atoms with van der Waals surface area (Å²) < 4.78 is 29.4. The van der Waals surface area contributed by atoms with Crippen LogP contribution >= 0.6 is 0 Å². The molecule has 1 heterocycles. The summed E-state index contributed by atoms with van der Waals surface area (Å²) in [6.07, 6.45) is 1.62. The molecule has 3 rings (SSSR count). The van der Waals surface area contributed by atoms with Gasteiger partial charge in [0.15, 0.2) is 9.84 Å². The quantitative estimate of drug-likeness (QED) is 0.787. The number of benzene rings is 2. The molecule has 2 aromatic rings. The first-order chi connectivity index (χ1) is 12.7. The summed E-state index contributed by atoms with van der Waals surface area (Å²) in [6.45, 7) is 5.83. The second kappa shape index (κ2) is 7.56. The van der Waals surface area contributed by atoms with Crippen molar-refractivity contribution in [3.05, 3.63) is 71.1 Å². The number of sulfone groups is 1. The molecule has 0 aromatic heterocycles. The molecule has 6 heteroatoms. The second-order valence-electron chi connectivity index (χ2n) is 6.93. The molecule has 0 saturated heterocycles. The monoisotopic (exact) mass is 385 g/mol. The Morgan fingerprint density at radius 1 is 1.07 bits per heavy atom. The molecule has 1 amide bonds. The first-order valence-electron chi connectivity index (χ1n) is 8.83. The average Bonchev–Trinajstić information content (AvgIpc) is 2.96. The van der Waals surface area contributed by atoms with Crippen molar-refractivity contribution in [1.29, 1.82) is 0 Å². The first-order valence-corrected chi connectivity index (χ1v) is 10.5. The minimum Gasteiger partial charge on any atom is -0.491 e. The predicted molar refractivity (Wildman–Crippen MR) is 107 cm³/mol. The van der Waals surface area contributed by atoms with Crippen molar-refractivity contribution in [2.24, 2.45) is 0 Å². The fourth-order valence-corrected chi connectivity index (χ4v) is 4.24. The largest absolute Gasteiger partial charge is 0.491 e. The second-order valence-corrected chi connectivity index (χ2v) is 8.86. The van der Waals surface area contributed by atoms with E-state index in [-0.39, 0.29) is 17.8 Å². The SMILES string of the molecule is Cc1ccc(N(C(=O)c2ccc(OC(C)C)cc2)C2C=CS(=O)(=O)C2)cc1. The van der Waals surface area contributed by atoms with Crippen LogP contribution in [0.15, 0.2) is 60.0 Å². The van der Waals surface area contributed by atoms with Gasteiger partial charge < -0.3 is 9.64 Å². The number of ether oxygens (including phenoxy) is 1. The van der Waals surface area contributed by atoms with E-state index in [0.717, 1.165) is 5.56 Å². The molecule has 2 aromatic carbocycles. The highest BCUT2D eigenvalue weighted by Gasteiger charge is 2.32. The molecule has 27 heavy (non-hydrogen) atoms. The van der Waals surface area contributed by atoms with E-state index in [2.05, 4.69) is 0 Å². The van der Waals surface area contributed by atoms with E-state index in [0.29, 0.717) is 17.0 Å². The van der Waals surface area contributed by atoms with Gasteiger partial charge in [-0.2, -0.15) is 0 Å². The zero-order valence-corrected chi connectivity index (χ0v) is 16.4. The van der Waals surface area contributed by atoms with E-state index < -0.39 is 15.9 Å². The van der Waals surface area contributed by atoms with Gasteiger partial charge in [0, 0.05) is 16.7 Å². The topological polar surface area (TPSA) is 63.7 Å². The maximum Gasteiger partial charge on any atom is 0.258 e. The van der Waals surface area contributed by atoms with Crippen molar-refractivity contribution in [3.63, 3.8) is 0 Å². The number of hydrogen-bond acceptors (Lipinski definition) is 4. The van der Waals surface area contributed by atoms with Crippen molar-refractivity contribution in [1.82, 2.24) is 0 Å². The summed E-state index contributed by atoms with van der Waals surface area (Å²) in [6, 6.07) is 13.9. The zero-order chi connectivity index (χ0) is 19.6. The molecule has 0 fully saturated rings. The third kappa shape index (κ3) is 4.57. The highest BCUT2D eigenvalue weighted by molar-refractivity contribution is 7.94. The molecule has 5 nitrogen and oxygen atoms in total. The Hall–Kier alpha value is -2.60. The lowest BCUT2D eigenvalue weighted by molar-refractivity contribution is 0.0983. The highest BCUT2D eigenvalue weighted by atomic mass is 32.2. The Labute approximate surface area is 160 Å². The number of carbonyl (C=O) groups excluding carboxylic acids is 1. The van der Waals surface area contributed by atoms with Crippen LogP contribution in [0.2, 0.25) is 0 Å². The lowest BCUT2D eigenvalue weighted by Gasteiger charge is -2.28. The summed E-state index contributed by atoms with van der Waals surface area (Å²) in [5.74, 6) is 0.328. The first kappa shape index (κ1) is 19.2. The van der Waals surface area contributed by atoms with Crippen molar-refractivity contribution in [3.8, 4) is 5.75 Å². The van der Waals surface area contributed by atoms with E-state index in [9.17, 15) is 13.2 Å². The zero-order valence-electron chi connectivity index (χ0n) is 15.6. The van der Waals surface area contributed by atoms with Crippen LogP contribution in [0.4, 0.5) is 5.69 Å². The molecule has 0 bridgehead atoms. The van der Waals surface area contributed by atoms with Crippen LogP contribution in [0, 0.1) is 6.92 Å². The van der Waals surface area contributed by atoms with Gasteiger partial charge in [0.1, 0.15) is 5.75 Å². The highest BCUT2D eigenvalue weighted by Crippen LogP contribution is 2.26. The molecule has 0 radical (unpaired) electrons. The van der Waals surface area contributed by atoms with E-state index in [1.165, 1.54) is 5.41 Å². The van der Waals surface area contributed by atoms with Crippen LogP contribution in [0.1, 0.15) is 29.8 Å². The third-order valence-corrected chi connectivity index (χ3v) is 5.62. The van der Waals surface area contributed by atoms with Crippen LogP contribution in [0.25, 0.3) is 0 Å². The summed E-state index contributed by atoms with van der Waals surface area (Å²) in [5, 5.41) is 1.19. The number of nitrogens with zero attached hydrogens (tertiary/aromatic N) is 1. The molecule has 1 aliphatic rings. The average molecular weight is 385 g/mol. The molecule has 0 N–H and O–H groups in total. The Kier molecular flexibility index (Phi) is 5.37. The van der Waals surface area contributed by atoms with Crippen LogP contribution in [0.5, 0.6) is 5.75 Å². The molecule has 0 spiro atoms. The van der Waals surface area contributed by atoms with Crippen LogP contribution in [0.3, 0.4) is 0 Å². The van der Waals surface area contributed by atoms with Crippen LogP contribution < -0.4 is 9.64 Å². The summed E-state index contributed by atoms with van der Waals surface area (Å²) >= 11 is 0. The smallest absolute Gasteiger partial charge is 0.258 e. The van der Waals surface area contributed by atoms with Gasteiger partial charge in [-0.05, 0) is 63.2 Å². The predicted octanol–water partition coefficient (Wildman–Crippen LogP) is 3.74. The lowest BCUT2D eigenvalue weighted by atomic mass is 10.1. The normalized spacial score (nSPS) is 17.9. The van der Waals surface area contributed by atoms with Gasteiger partial charge in [-0.3, -0.25) is 4.79 Å². The maximum atomic E-state index is 13.2. The maximum absolute atomic E-state index is 13.2. The van der Waals surface area contributed by atoms with Gasteiger partial charge >= 0.3 is 0 Å². The van der Waals surface area contributed by atoms with Gasteiger partial charge in [-0.1, -0.05) is 17.7 Å². The molecule has 1 atom stereocenters. The minimum absolute atomic E-state index is 0.0458. The fraction of sp³-hybridized carbons (Fsp3) is 0.286. The number of carbonyl (C=O) groups is 1. The van der Waals surface area contributed by atoms with Crippen molar-refractivity contribution in [2.45, 2.75) is 32.9 Å². The number of hydrogen-bond donors (Lipinski definition) is 0. The van der Waals surface area contributed by atoms with Gasteiger partial charge in [-0.15, -0.1) is 0 Å². The molecule has 0 saturated carbocycles. The molecule has 142 valence electrons. The Bertz CT molecular complexity index is 945. The molecular weight excluding hydrogens is 362 g/mol. The number of aryl methyl sites for hydroxylation is 1. The van der Waals surface area contributed by atoms with Crippen molar-refractivity contribution >= 4 is 21.4 Å². The minimum atomic E-state index is -3.29. The summed E-state index contributed by atoms with van der Waals surface area (Å²) in [5.41, 5.74) is 2.21. The standard InChI is InChI=1S/C21H23NO4S/c1-15(2)26-20-10-6-17(7-11-20)21(23)22(18-8-4-16(3)5-9-18)19-12-13-27(24,25)14-19/h4-13,15,19H,14H2,1-3H3. The van der Waals surface area contributed by atoms with Gasteiger partial charge in [0.25, 0.3) is 5.91 Å². The van der Waals surface area contributed by atoms with Gasteiger partial charge in [0.2, 0.25) is 0 Å². The lowest BCUT2D eigenvalue weighted by Crippen LogP contribution is -2.41.